The monoisotopic (exact) mass is 334 g/mol. The molecule has 0 atom stereocenters. The molecule has 25 heavy (non-hydrogen) atoms. The van der Waals surface area contributed by atoms with E-state index in [0.29, 0.717) is 11.3 Å². The van der Waals surface area contributed by atoms with Crippen LogP contribution >= 0.6 is 0 Å². The first kappa shape index (κ1) is 13.9. The Balaban J connectivity index is 2.29. The molecule has 0 aliphatic carbocycles. The molecule has 0 aliphatic heterocycles. The topological polar surface area (TPSA) is 102 Å². The molecule has 0 bridgehead atoms. The highest BCUT2D eigenvalue weighted by molar-refractivity contribution is 6.19. The van der Waals surface area contributed by atoms with Crippen molar-refractivity contribution in [2.24, 2.45) is 5.73 Å². The summed E-state index contributed by atoms with van der Waals surface area (Å²) in [6.07, 6.45) is 5.79. The van der Waals surface area contributed by atoms with Crippen molar-refractivity contribution in [1.29, 1.82) is 0 Å². The molecular weight excluding hydrogens is 318 g/mol. The number of nitrogen functional groups attached to an aromatic ring is 1. The predicted molar refractivity (Wildman–Crippen MR) is 94.3 cm³/mol. The van der Waals surface area contributed by atoms with E-state index in [9.17, 15) is 9.90 Å². The van der Waals surface area contributed by atoms with Crippen LogP contribution in [0.25, 0.3) is 27.5 Å². The van der Waals surface area contributed by atoms with Gasteiger partial charge in [0.15, 0.2) is 11.8 Å². The van der Waals surface area contributed by atoms with Crippen molar-refractivity contribution >= 4 is 39.0 Å². The fraction of sp³-hybridized carbons (Fsp3) is 0.111. The molecule has 4 heterocycles. The Morgan fingerprint density at radius 1 is 1.16 bits per heavy atom. The van der Waals surface area contributed by atoms with Crippen LogP contribution in [0.5, 0.6) is 5.75 Å². The minimum atomic E-state index is -0.582. The average Bonchev–Trinajstić information content (AvgIpc) is 3.11. The van der Waals surface area contributed by atoms with Gasteiger partial charge in [-0.25, -0.2) is 0 Å². The first-order valence-electron chi connectivity index (χ1n) is 7.90. The largest absolute Gasteiger partial charge is 0.508 e. The first-order chi connectivity index (χ1) is 11.9. The molecular formula is C18H16N5O2+. The van der Waals surface area contributed by atoms with Crippen molar-refractivity contribution in [3.63, 3.8) is 0 Å². The van der Waals surface area contributed by atoms with E-state index in [1.54, 1.807) is 10.5 Å². The smallest absolute Gasteiger partial charge is 0.316 e. The normalized spacial score (nSPS) is 12.2. The van der Waals surface area contributed by atoms with Gasteiger partial charge in [-0.1, -0.05) is 0 Å². The van der Waals surface area contributed by atoms with Gasteiger partial charge in [0.25, 0.3) is 11.2 Å². The number of aromatic hydroxyl groups is 1. The minimum absolute atomic E-state index is 0.185. The lowest BCUT2D eigenvalue weighted by Gasteiger charge is -2.09. The Morgan fingerprint density at radius 3 is 2.60 bits per heavy atom. The number of carbonyl (C=O) groups excluding carboxylic acids is 1. The number of nitrogens with two attached hydrogens (primary N) is 2. The summed E-state index contributed by atoms with van der Waals surface area (Å²) in [6.45, 7) is 3.80. The molecule has 5 aromatic rings. The quantitative estimate of drug-likeness (QED) is 0.320. The van der Waals surface area contributed by atoms with E-state index >= 15 is 0 Å². The van der Waals surface area contributed by atoms with Crippen molar-refractivity contribution < 1.29 is 14.3 Å². The van der Waals surface area contributed by atoms with Gasteiger partial charge in [0.2, 0.25) is 0 Å². The number of phenols is 1. The standard InChI is InChI=1S/C18H15N5O2/c1-8-7-23-15-13(14(19)16(23)17(20)25)12-9(2)11(24)4-3-10(12)22-6-5-21(8)18(15)22/h3-7H,1-2H3,(H4-,19,20,24,25)/p+1. The summed E-state index contributed by atoms with van der Waals surface area (Å²) in [5.41, 5.74) is 16.9. The summed E-state index contributed by atoms with van der Waals surface area (Å²) < 4.78 is 5.86. The number of fused-ring (bicyclic) bond motifs is 3. The number of benzene rings is 1. The molecule has 0 saturated carbocycles. The van der Waals surface area contributed by atoms with Gasteiger partial charge in [-0.3, -0.25) is 13.6 Å². The van der Waals surface area contributed by atoms with Gasteiger partial charge in [-0.2, -0.15) is 0 Å². The molecule has 4 aromatic heterocycles. The SMILES string of the molecule is Cc1c(O)ccc2c1c1c(N)c(C(N)=O)[n+]3cc(C)n4ccn2c4c13. The molecule has 7 nitrogen and oxygen atoms in total. The number of hydrogen-bond acceptors (Lipinski definition) is 3. The molecule has 0 spiro atoms. The zero-order valence-electron chi connectivity index (χ0n) is 13.7. The minimum Gasteiger partial charge on any atom is -0.508 e. The van der Waals surface area contributed by atoms with E-state index in [1.807, 2.05) is 47.3 Å². The first-order valence-corrected chi connectivity index (χ1v) is 7.90. The summed E-state index contributed by atoms with van der Waals surface area (Å²) in [5, 5.41) is 11.8. The maximum atomic E-state index is 12.1. The number of primary amides is 1. The van der Waals surface area contributed by atoms with Gasteiger partial charge in [0.1, 0.15) is 11.4 Å². The third-order valence-corrected chi connectivity index (χ3v) is 5.13. The highest BCUT2D eigenvalue weighted by Gasteiger charge is 2.33. The van der Waals surface area contributed by atoms with E-state index in [1.165, 1.54) is 0 Å². The third-order valence-electron chi connectivity index (χ3n) is 5.13. The van der Waals surface area contributed by atoms with Crippen LogP contribution < -0.4 is 15.9 Å². The Labute approximate surface area is 141 Å². The van der Waals surface area contributed by atoms with E-state index < -0.39 is 5.91 Å². The van der Waals surface area contributed by atoms with Crippen LogP contribution in [0.4, 0.5) is 5.69 Å². The highest BCUT2D eigenvalue weighted by atomic mass is 16.3. The van der Waals surface area contributed by atoms with Crippen molar-refractivity contribution in [2.45, 2.75) is 13.8 Å². The lowest BCUT2D eigenvalue weighted by Crippen LogP contribution is -2.33. The second kappa shape index (κ2) is 4.13. The molecule has 5 rings (SSSR count). The number of hydrogen-bond donors (Lipinski definition) is 3. The van der Waals surface area contributed by atoms with Gasteiger partial charge < -0.3 is 16.6 Å². The zero-order chi connectivity index (χ0) is 17.6. The Bertz CT molecular complexity index is 1360. The van der Waals surface area contributed by atoms with Gasteiger partial charge in [0, 0.05) is 23.3 Å². The van der Waals surface area contributed by atoms with Crippen LogP contribution in [-0.4, -0.2) is 19.8 Å². The summed E-state index contributed by atoms with van der Waals surface area (Å²) in [6, 6.07) is 3.53. The fourth-order valence-corrected chi connectivity index (χ4v) is 4.01. The summed E-state index contributed by atoms with van der Waals surface area (Å²) in [7, 11) is 0. The van der Waals surface area contributed by atoms with Crippen LogP contribution in [0.2, 0.25) is 0 Å². The number of anilines is 1. The van der Waals surface area contributed by atoms with Gasteiger partial charge in [-0.05, 0) is 26.0 Å². The number of aromatic nitrogens is 3. The predicted octanol–water partition coefficient (Wildman–Crippen LogP) is 1.53. The van der Waals surface area contributed by atoms with Crippen molar-refractivity contribution in [3.05, 3.63) is 47.7 Å². The molecule has 0 fully saturated rings. The van der Waals surface area contributed by atoms with Crippen molar-refractivity contribution in [1.82, 2.24) is 8.80 Å². The molecule has 1 amide bonds. The molecule has 7 heteroatoms. The Morgan fingerprint density at radius 2 is 1.88 bits per heavy atom. The van der Waals surface area contributed by atoms with E-state index in [0.717, 1.165) is 33.1 Å². The van der Waals surface area contributed by atoms with Gasteiger partial charge in [0.05, 0.1) is 16.6 Å². The Hall–Kier alpha value is -3.48. The number of nitrogens with zero attached hydrogens (tertiary/aromatic N) is 3. The summed E-state index contributed by atoms with van der Waals surface area (Å²) in [5.74, 6) is -0.397. The third kappa shape index (κ3) is 1.42. The highest BCUT2D eigenvalue weighted by Crippen LogP contribution is 2.38. The number of carbonyl (C=O) groups is 1. The molecule has 5 N–H and O–H groups in total. The van der Waals surface area contributed by atoms with Crippen LogP contribution in [0.3, 0.4) is 0 Å². The lowest BCUT2D eigenvalue weighted by molar-refractivity contribution is -0.510. The molecule has 0 aliphatic rings. The van der Waals surface area contributed by atoms with Crippen molar-refractivity contribution in [2.75, 3.05) is 5.73 Å². The number of phenolic OH excluding ortho intramolecular Hbond substituents is 1. The second-order valence-corrected chi connectivity index (χ2v) is 6.46. The maximum Gasteiger partial charge on any atom is 0.316 e. The number of rotatable bonds is 1. The summed E-state index contributed by atoms with van der Waals surface area (Å²) >= 11 is 0. The molecule has 124 valence electrons. The Kier molecular flexibility index (Phi) is 2.30. The number of pyridine rings is 1. The van der Waals surface area contributed by atoms with Crippen LogP contribution in [0, 0.1) is 13.8 Å². The fourth-order valence-electron chi connectivity index (χ4n) is 4.01. The van der Waals surface area contributed by atoms with Crippen LogP contribution in [0.15, 0.2) is 30.7 Å². The second-order valence-electron chi connectivity index (χ2n) is 6.46. The lowest BCUT2D eigenvalue weighted by atomic mass is 10.0. The average molecular weight is 334 g/mol. The number of amides is 1. The molecule has 1 aromatic carbocycles. The van der Waals surface area contributed by atoms with E-state index in [2.05, 4.69) is 0 Å². The zero-order valence-corrected chi connectivity index (χ0v) is 13.7. The van der Waals surface area contributed by atoms with Crippen LogP contribution in [0.1, 0.15) is 21.7 Å². The number of imidazole rings is 1. The van der Waals surface area contributed by atoms with Gasteiger partial charge in [-0.15, -0.1) is 4.40 Å². The van der Waals surface area contributed by atoms with E-state index in [-0.39, 0.29) is 11.4 Å². The van der Waals surface area contributed by atoms with E-state index in [4.69, 9.17) is 11.5 Å². The summed E-state index contributed by atoms with van der Waals surface area (Å²) in [4.78, 5) is 12.1. The maximum absolute atomic E-state index is 12.1. The van der Waals surface area contributed by atoms with Crippen molar-refractivity contribution in [3.8, 4) is 5.75 Å². The molecule has 0 saturated heterocycles. The van der Waals surface area contributed by atoms with Crippen LogP contribution in [-0.2, 0) is 0 Å². The molecule has 0 radical (unpaired) electrons. The number of aryl methyl sites for hydroxylation is 2. The van der Waals surface area contributed by atoms with Gasteiger partial charge >= 0.3 is 5.91 Å². The molecule has 0 unspecified atom stereocenters.